The molecule has 0 bridgehead atoms. The first kappa shape index (κ1) is 12.6. The third kappa shape index (κ3) is 2.15. The van der Waals surface area contributed by atoms with Crippen molar-refractivity contribution >= 4 is 5.97 Å². The molecule has 1 saturated carbocycles. The molecule has 19 heavy (non-hydrogen) atoms. The number of fused-ring (bicyclic) bond motifs is 1. The quantitative estimate of drug-likeness (QED) is 0.818. The van der Waals surface area contributed by atoms with Gasteiger partial charge in [-0.1, -0.05) is 30.3 Å². The highest BCUT2D eigenvalue weighted by Crippen LogP contribution is 2.55. The van der Waals surface area contributed by atoms with Gasteiger partial charge in [0.05, 0.1) is 19.6 Å². The first-order chi connectivity index (χ1) is 9.26. The van der Waals surface area contributed by atoms with Gasteiger partial charge in [-0.3, -0.25) is 9.69 Å². The Kier molecular flexibility index (Phi) is 3.29. The van der Waals surface area contributed by atoms with Crippen LogP contribution in [0.3, 0.4) is 0 Å². The van der Waals surface area contributed by atoms with Gasteiger partial charge in [-0.25, -0.2) is 0 Å². The maximum absolute atomic E-state index is 11.6. The van der Waals surface area contributed by atoms with E-state index in [1.54, 1.807) is 0 Å². The van der Waals surface area contributed by atoms with E-state index >= 15 is 0 Å². The fourth-order valence-corrected chi connectivity index (χ4v) is 3.51. The van der Waals surface area contributed by atoms with Crippen molar-refractivity contribution in [3.05, 3.63) is 35.9 Å². The highest BCUT2D eigenvalue weighted by Gasteiger charge is 2.64. The Morgan fingerprint density at radius 3 is 2.79 bits per heavy atom. The molecular formula is C15H19NO3. The smallest absolute Gasteiger partial charge is 0.309 e. The number of nitrogens with zero attached hydrogens (tertiary/aromatic N) is 1. The van der Waals surface area contributed by atoms with E-state index < -0.39 is 0 Å². The Morgan fingerprint density at radius 1 is 1.42 bits per heavy atom. The molecule has 0 amide bonds. The molecule has 4 heteroatoms. The van der Waals surface area contributed by atoms with Crippen LogP contribution in [0.15, 0.2) is 30.3 Å². The number of likely N-dealkylation sites (tertiary alicyclic amines) is 1. The van der Waals surface area contributed by atoms with Crippen molar-refractivity contribution in [1.29, 1.82) is 0 Å². The zero-order chi connectivity index (χ0) is 13.4. The molecule has 1 aliphatic heterocycles. The summed E-state index contributed by atoms with van der Waals surface area (Å²) in [5.74, 6) is 0.538. The second kappa shape index (κ2) is 4.94. The molecule has 0 aromatic heterocycles. The normalized spacial score (nSPS) is 32.9. The third-order valence-electron chi connectivity index (χ3n) is 4.48. The molecule has 3 rings (SSSR count). The molecule has 2 aliphatic rings. The minimum Gasteiger partial charge on any atom is -0.469 e. The molecule has 1 aromatic rings. The number of methoxy groups -OCH3 is 1. The van der Waals surface area contributed by atoms with E-state index in [1.807, 2.05) is 18.2 Å². The molecule has 2 fully saturated rings. The number of carbonyl (C=O) groups is 1. The first-order valence-electron chi connectivity index (χ1n) is 6.73. The summed E-state index contributed by atoms with van der Waals surface area (Å²) in [5.41, 5.74) is 1.25. The van der Waals surface area contributed by atoms with Gasteiger partial charge in [0.15, 0.2) is 0 Å². The van der Waals surface area contributed by atoms with Crippen LogP contribution in [0.5, 0.6) is 0 Å². The topological polar surface area (TPSA) is 49.8 Å². The highest BCUT2D eigenvalue weighted by atomic mass is 16.5. The number of carbonyl (C=O) groups excluding carboxylic acids is 1. The minimum atomic E-state index is -0.118. The Bertz CT molecular complexity index is 462. The van der Waals surface area contributed by atoms with Crippen molar-refractivity contribution in [3.63, 3.8) is 0 Å². The second-order valence-corrected chi connectivity index (χ2v) is 5.46. The van der Waals surface area contributed by atoms with Crippen molar-refractivity contribution in [1.82, 2.24) is 4.90 Å². The van der Waals surface area contributed by atoms with Crippen molar-refractivity contribution in [2.75, 3.05) is 20.3 Å². The lowest BCUT2D eigenvalue weighted by Gasteiger charge is -2.27. The summed E-state index contributed by atoms with van der Waals surface area (Å²) in [6.45, 7) is 1.83. The minimum absolute atomic E-state index is 0.00849. The zero-order valence-electron chi connectivity index (χ0n) is 11.0. The van der Waals surface area contributed by atoms with Crippen LogP contribution in [-0.2, 0) is 16.1 Å². The number of hydrogen-bond acceptors (Lipinski definition) is 4. The zero-order valence-corrected chi connectivity index (χ0v) is 11.0. The second-order valence-electron chi connectivity index (χ2n) is 5.46. The molecule has 0 unspecified atom stereocenters. The summed E-state index contributed by atoms with van der Waals surface area (Å²) in [6.07, 6.45) is 0. The first-order valence-corrected chi connectivity index (χ1v) is 6.73. The number of benzene rings is 1. The van der Waals surface area contributed by atoms with Crippen LogP contribution in [0, 0.1) is 17.8 Å². The number of esters is 1. The van der Waals surface area contributed by atoms with E-state index in [9.17, 15) is 9.90 Å². The van der Waals surface area contributed by atoms with Gasteiger partial charge in [-0.05, 0) is 17.4 Å². The Morgan fingerprint density at radius 2 is 2.16 bits per heavy atom. The molecule has 1 N–H and O–H groups in total. The average Bonchev–Trinajstić information content (AvgIpc) is 3.02. The average molecular weight is 261 g/mol. The fraction of sp³-hybridized carbons (Fsp3) is 0.533. The molecule has 1 aromatic carbocycles. The summed E-state index contributed by atoms with van der Waals surface area (Å²) in [6, 6.07) is 10.3. The van der Waals surface area contributed by atoms with E-state index in [0.717, 1.165) is 13.1 Å². The third-order valence-corrected chi connectivity index (χ3v) is 4.48. The predicted octanol–water partition coefficient (Wildman–Crippen LogP) is 0.898. The van der Waals surface area contributed by atoms with Gasteiger partial charge in [-0.2, -0.15) is 0 Å². The standard InChI is InChI=1S/C15H19NO3/c1-19-15(18)14-11-8-16(12(9-17)13(11)14)7-10-5-3-2-4-6-10/h2-6,11-14,17H,7-9H2,1H3/t11-,12+,13-,14+/m0/s1. The molecule has 102 valence electrons. The van der Waals surface area contributed by atoms with Crippen molar-refractivity contribution in [2.24, 2.45) is 17.8 Å². The van der Waals surface area contributed by atoms with Gasteiger partial charge in [0.25, 0.3) is 0 Å². The molecule has 0 spiro atoms. The lowest BCUT2D eigenvalue weighted by molar-refractivity contribution is -0.143. The molecule has 4 nitrogen and oxygen atoms in total. The maximum atomic E-state index is 11.6. The van der Waals surface area contributed by atoms with Gasteiger partial charge in [0, 0.05) is 19.1 Å². The Hall–Kier alpha value is -1.39. The van der Waals surface area contributed by atoms with Gasteiger partial charge in [-0.15, -0.1) is 0 Å². The number of piperidine rings is 1. The van der Waals surface area contributed by atoms with E-state index in [2.05, 4.69) is 17.0 Å². The van der Waals surface area contributed by atoms with Gasteiger partial charge >= 0.3 is 5.97 Å². The predicted molar refractivity (Wildman–Crippen MR) is 70.2 cm³/mol. The molecular weight excluding hydrogens is 242 g/mol. The highest BCUT2D eigenvalue weighted by molar-refractivity contribution is 5.77. The van der Waals surface area contributed by atoms with Gasteiger partial charge in [0.2, 0.25) is 0 Å². The lowest BCUT2D eigenvalue weighted by Crippen LogP contribution is -2.37. The molecule has 1 saturated heterocycles. The van der Waals surface area contributed by atoms with Gasteiger partial charge < -0.3 is 9.84 Å². The van der Waals surface area contributed by atoms with Crippen LogP contribution in [-0.4, -0.2) is 42.3 Å². The summed E-state index contributed by atoms with van der Waals surface area (Å²) in [4.78, 5) is 13.9. The SMILES string of the molecule is COC(=O)[C@@H]1[C@H]2CN(Cc3ccccc3)[C@H](CO)[C@H]21. The van der Waals surface area contributed by atoms with Crippen LogP contribution >= 0.6 is 0 Å². The van der Waals surface area contributed by atoms with Crippen LogP contribution in [0.4, 0.5) is 0 Å². The van der Waals surface area contributed by atoms with Crippen LogP contribution < -0.4 is 0 Å². The summed E-state index contributed by atoms with van der Waals surface area (Å²) in [7, 11) is 1.44. The van der Waals surface area contributed by atoms with E-state index in [0.29, 0.717) is 5.92 Å². The number of ether oxygens (including phenoxy) is 1. The maximum Gasteiger partial charge on any atom is 0.309 e. The monoisotopic (exact) mass is 261 g/mol. The number of rotatable bonds is 4. The molecule has 1 heterocycles. The van der Waals surface area contributed by atoms with Crippen molar-refractivity contribution in [2.45, 2.75) is 12.6 Å². The summed E-state index contributed by atoms with van der Waals surface area (Å²) < 4.78 is 4.82. The largest absolute Gasteiger partial charge is 0.469 e. The summed E-state index contributed by atoms with van der Waals surface area (Å²) >= 11 is 0. The van der Waals surface area contributed by atoms with E-state index in [1.165, 1.54) is 12.7 Å². The van der Waals surface area contributed by atoms with Crippen molar-refractivity contribution < 1.29 is 14.6 Å². The summed E-state index contributed by atoms with van der Waals surface area (Å²) in [5, 5.41) is 9.59. The number of aliphatic hydroxyl groups is 1. The van der Waals surface area contributed by atoms with E-state index in [4.69, 9.17) is 4.74 Å². The van der Waals surface area contributed by atoms with Crippen molar-refractivity contribution in [3.8, 4) is 0 Å². The molecule has 4 atom stereocenters. The van der Waals surface area contributed by atoms with Crippen LogP contribution in [0.25, 0.3) is 0 Å². The Labute approximate surface area is 113 Å². The van der Waals surface area contributed by atoms with Gasteiger partial charge in [0.1, 0.15) is 0 Å². The van der Waals surface area contributed by atoms with Crippen LogP contribution in [0.1, 0.15) is 5.56 Å². The fourth-order valence-electron chi connectivity index (χ4n) is 3.51. The Balaban J connectivity index is 1.66. The van der Waals surface area contributed by atoms with E-state index in [-0.39, 0.29) is 30.5 Å². The molecule has 0 radical (unpaired) electrons. The molecule has 1 aliphatic carbocycles. The lowest BCUT2D eigenvalue weighted by atomic mass is 10.1. The van der Waals surface area contributed by atoms with Crippen LogP contribution in [0.2, 0.25) is 0 Å². The number of aliphatic hydroxyl groups excluding tert-OH is 1. The number of hydrogen-bond donors (Lipinski definition) is 1.